The van der Waals surface area contributed by atoms with Gasteiger partial charge in [-0.1, -0.05) is 25.5 Å². The standard InChI is InChI=1S/C21H27NO4/c1-3-14-7-9-18(10-8-14)22-20(24)13(2)26-21(25)17-11-15-5-4-6-16(12-17)19(15)23/h7-10,13,15-17H,3-6,11-12H2,1-2H3,(H,22,24)/t13-,15-,16+,17?/m0/s1. The summed E-state index contributed by atoms with van der Waals surface area (Å²) >= 11 is 0. The molecule has 2 saturated carbocycles. The lowest BCUT2D eigenvalue weighted by atomic mass is 9.67. The number of nitrogens with one attached hydrogen (secondary N) is 1. The molecule has 2 bridgehead atoms. The molecule has 4 atom stereocenters. The minimum Gasteiger partial charge on any atom is -0.452 e. The summed E-state index contributed by atoms with van der Waals surface area (Å²) in [6.45, 7) is 3.66. The molecule has 1 aromatic carbocycles. The second-order valence-corrected chi connectivity index (χ2v) is 7.51. The fraction of sp³-hybridized carbons (Fsp3) is 0.571. The maximum absolute atomic E-state index is 12.5. The molecule has 0 heterocycles. The first-order valence-corrected chi connectivity index (χ1v) is 9.62. The second kappa shape index (κ2) is 8.02. The number of Topliss-reactive ketones (excluding diaryl/α,β-unsaturated/α-hetero) is 1. The van der Waals surface area contributed by atoms with Crippen molar-refractivity contribution in [3.05, 3.63) is 29.8 Å². The van der Waals surface area contributed by atoms with Crippen molar-refractivity contribution < 1.29 is 19.1 Å². The molecule has 0 aromatic heterocycles. The third kappa shape index (κ3) is 4.14. The van der Waals surface area contributed by atoms with Crippen molar-refractivity contribution in [2.45, 2.75) is 58.5 Å². The van der Waals surface area contributed by atoms with Crippen LogP contribution in [0.3, 0.4) is 0 Å². The smallest absolute Gasteiger partial charge is 0.309 e. The number of hydrogen-bond donors (Lipinski definition) is 1. The molecule has 0 aliphatic heterocycles. The Bertz CT molecular complexity index is 666. The lowest BCUT2D eigenvalue weighted by Crippen LogP contribution is -2.41. The van der Waals surface area contributed by atoms with Crippen molar-refractivity contribution in [2.24, 2.45) is 17.8 Å². The lowest BCUT2D eigenvalue weighted by Gasteiger charge is -2.36. The number of benzene rings is 1. The van der Waals surface area contributed by atoms with Gasteiger partial charge in [-0.05, 0) is 56.7 Å². The molecule has 2 fully saturated rings. The number of carbonyl (C=O) groups excluding carboxylic acids is 3. The first kappa shape index (κ1) is 18.6. The second-order valence-electron chi connectivity index (χ2n) is 7.51. The molecule has 5 heteroatoms. The molecule has 2 aliphatic carbocycles. The van der Waals surface area contributed by atoms with Crippen molar-refractivity contribution in [2.75, 3.05) is 5.32 Å². The minimum atomic E-state index is -0.856. The Labute approximate surface area is 154 Å². The lowest BCUT2D eigenvalue weighted by molar-refractivity contribution is -0.161. The number of fused-ring (bicyclic) bond motifs is 2. The van der Waals surface area contributed by atoms with Gasteiger partial charge in [-0.25, -0.2) is 0 Å². The molecule has 1 unspecified atom stereocenters. The summed E-state index contributed by atoms with van der Waals surface area (Å²) in [5.74, 6) is -0.626. The first-order chi connectivity index (χ1) is 12.5. The molecule has 0 saturated heterocycles. The Morgan fingerprint density at radius 2 is 1.77 bits per heavy atom. The number of ether oxygens (including phenoxy) is 1. The maximum atomic E-state index is 12.5. The van der Waals surface area contributed by atoms with E-state index in [0.29, 0.717) is 24.3 Å². The average Bonchev–Trinajstić information content (AvgIpc) is 2.62. The SMILES string of the molecule is CCc1ccc(NC(=O)[C@H](C)OC(=O)C2C[C@H]3CCC[C@@H](C2)C3=O)cc1. The quantitative estimate of drug-likeness (QED) is 0.819. The third-order valence-electron chi connectivity index (χ3n) is 5.67. The van der Waals surface area contributed by atoms with Crippen LogP contribution in [0.2, 0.25) is 0 Å². The van der Waals surface area contributed by atoms with Gasteiger partial charge in [0.2, 0.25) is 0 Å². The van der Waals surface area contributed by atoms with E-state index in [4.69, 9.17) is 4.74 Å². The number of carbonyl (C=O) groups is 3. The van der Waals surface area contributed by atoms with Crippen LogP contribution >= 0.6 is 0 Å². The average molecular weight is 357 g/mol. The molecular weight excluding hydrogens is 330 g/mol. The third-order valence-corrected chi connectivity index (χ3v) is 5.67. The zero-order valence-electron chi connectivity index (χ0n) is 15.5. The van der Waals surface area contributed by atoms with Crippen LogP contribution in [-0.2, 0) is 25.5 Å². The summed E-state index contributed by atoms with van der Waals surface area (Å²) in [6, 6.07) is 7.62. The van der Waals surface area contributed by atoms with Gasteiger partial charge in [0.1, 0.15) is 5.78 Å². The predicted molar refractivity (Wildman–Crippen MR) is 98.6 cm³/mol. The van der Waals surface area contributed by atoms with E-state index in [9.17, 15) is 14.4 Å². The highest BCUT2D eigenvalue weighted by atomic mass is 16.5. The Morgan fingerprint density at radius 1 is 1.15 bits per heavy atom. The summed E-state index contributed by atoms with van der Waals surface area (Å²) < 4.78 is 5.41. The van der Waals surface area contributed by atoms with Gasteiger partial charge >= 0.3 is 5.97 Å². The van der Waals surface area contributed by atoms with E-state index in [1.165, 1.54) is 5.56 Å². The van der Waals surface area contributed by atoms with E-state index < -0.39 is 6.10 Å². The van der Waals surface area contributed by atoms with Crippen molar-refractivity contribution in [3.63, 3.8) is 0 Å². The van der Waals surface area contributed by atoms with Crippen molar-refractivity contribution in [1.82, 2.24) is 0 Å². The topological polar surface area (TPSA) is 72.5 Å². The van der Waals surface area contributed by atoms with E-state index in [2.05, 4.69) is 12.2 Å². The Kier molecular flexibility index (Phi) is 5.74. The molecule has 0 radical (unpaired) electrons. The van der Waals surface area contributed by atoms with Crippen molar-refractivity contribution >= 4 is 23.3 Å². The molecule has 2 aliphatic rings. The molecule has 5 nitrogen and oxygen atoms in total. The number of hydrogen-bond acceptors (Lipinski definition) is 4. The Balaban J connectivity index is 1.53. The van der Waals surface area contributed by atoms with Gasteiger partial charge in [0, 0.05) is 17.5 Å². The van der Waals surface area contributed by atoms with Crippen LogP contribution < -0.4 is 5.32 Å². The Morgan fingerprint density at radius 3 is 2.35 bits per heavy atom. The highest BCUT2D eigenvalue weighted by Crippen LogP contribution is 2.40. The molecule has 140 valence electrons. The van der Waals surface area contributed by atoms with E-state index in [1.807, 2.05) is 24.3 Å². The number of esters is 1. The minimum absolute atomic E-state index is 0.00117. The zero-order chi connectivity index (χ0) is 18.7. The molecule has 3 rings (SSSR count). The van der Waals surface area contributed by atoms with Gasteiger partial charge < -0.3 is 10.1 Å². The summed E-state index contributed by atoms with van der Waals surface area (Å²) in [4.78, 5) is 36.9. The van der Waals surface area contributed by atoms with Crippen LogP contribution in [0.4, 0.5) is 5.69 Å². The van der Waals surface area contributed by atoms with Crippen LogP contribution in [0.1, 0.15) is 51.5 Å². The normalized spacial score (nSPS) is 26.1. The van der Waals surface area contributed by atoms with E-state index in [1.54, 1.807) is 6.92 Å². The molecule has 1 N–H and O–H groups in total. The first-order valence-electron chi connectivity index (χ1n) is 9.62. The number of ketones is 1. The Hall–Kier alpha value is -2.17. The van der Waals surface area contributed by atoms with Gasteiger partial charge in [-0.15, -0.1) is 0 Å². The number of anilines is 1. The monoisotopic (exact) mass is 357 g/mol. The van der Waals surface area contributed by atoms with Crippen LogP contribution in [0.15, 0.2) is 24.3 Å². The summed E-state index contributed by atoms with van der Waals surface area (Å²) in [6.07, 6.45) is 4.05. The van der Waals surface area contributed by atoms with Gasteiger partial charge in [-0.2, -0.15) is 0 Å². The number of amides is 1. The number of aryl methyl sites for hydroxylation is 1. The van der Waals surface area contributed by atoms with E-state index in [-0.39, 0.29) is 29.6 Å². The van der Waals surface area contributed by atoms with E-state index in [0.717, 1.165) is 25.7 Å². The summed E-state index contributed by atoms with van der Waals surface area (Å²) in [7, 11) is 0. The van der Waals surface area contributed by atoms with Gasteiger partial charge in [-0.3, -0.25) is 14.4 Å². The number of rotatable bonds is 5. The van der Waals surface area contributed by atoms with E-state index >= 15 is 0 Å². The maximum Gasteiger partial charge on any atom is 0.309 e. The van der Waals surface area contributed by atoms with Crippen LogP contribution in [0.25, 0.3) is 0 Å². The highest BCUT2D eigenvalue weighted by molar-refractivity contribution is 5.95. The predicted octanol–water partition coefficient (Wildman–Crippen LogP) is 3.51. The summed E-state index contributed by atoms with van der Waals surface area (Å²) in [5, 5.41) is 2.78. The van der Waals surface area contributed by atoms with Gasteiger partial charge in [0.25, 0.3) is 5.91 Å². The highest BCUT2D eigenvalue weighted by Gasteiger charge is 2.42. The molecule has 0 spiro atoms. The fourth-order valence-electron chi connectivity index (χ4n) is 4.06. The van der Waals surface area contributed by atoms with Crippen LogP contribution in [-0.4, -0.2) is 23.8 Å². The van der Waals surface area contributed by atoms with Crippen molar-refractivity contribution in [1.29, 1.82) is 0 Å². The largest absolute Gasteiger partial charge is 0.452 e. The van der Waals surface area contributed by atoms with Gasteiger partial charge in [0.05, 0.1) is 5.92 Å². The zero-order valence-corrected chi connectivity index (χ0v) is 15.5. The van der Waals surface area contributed by atoms with Crippen LogP contribution in [0, 0.1) is 17.8 Å². The fourth-order valence-corrected chi connectivity index (χ4v) is 4.06. The van der Waals surface area contributed by atoms with Crippen molar-refractivity contribution in [3.8, 4) is 0 Å². The molecule has 26 heavy (non-hydrogen) atoms. The molecule has 1 aromatic rings. The van der Waals surface area contributed by atoms with Crippen LogP contribution in [0.5, 0.6) is 0 Å². The molecular formula is C21H27NO4. The van der Waals surface area contributed by atoms with Gasteiger partial charge in [0.15, 0.2) is 6.10 Å². The summed E-state index contributed by atoms with van der Waals surface area (Å²) in [5.41, 5.74) is 1.88. The molecule has 1 amide bonds.